The van der Waals surface area contributed by atoms with Gasteiger partial charge in [-0.25, -0.2) is 0 Å². The number of nitrogens with one attached hydrogen (secondary N) is 1. The summed E-state index contributed by atoms with van der Waals surface area (Å²) in [6, 6.07) is 7.87. The minimum Gasteiger partial charge on any atom is -0.493 e. The van der Waals surface area contributed by atoms with E-state index in [1.807, 2.05) is 6.07 Å². The molecule has 0 saturated carbocycles. The van der Waals surface area contributed by atoms with E-state index in [4.69, 9.17) is 14.2 Å². The van der Waals surface area contributed by atoms with E-state index >= 15 is 0 Å². The third-order valence-electron chi connectivity index (χ3n) is 4.81. The molecule has 2 aromatic carbocycles. The molecular weight excluding hydrogens is 374 g/mol. The monoisotopic (exact) mass is 397 g/mol. The third kappa shape index (κ3) is 4.08. The number of hydrogen-bond donors (Lipinski definition) is 1. The third-order valence-corrected chi connectivity index (χ3v) is 4.81. The molecular formula is C22H23NO6. The fourth-order valence-corrected chi connectivity index (χ4v) is 3.73. The Labute approximate surface area is 168 Å². The summed E-state index contributed by atoms with van der Waals surface area (Å²) in [5.41, 5.74) is 2.69. The van der Waals surface area contributed by atoms with Crippen molar-refractivity contribution in [3.63, 3.8) is 0 Å². The fraction of sp³-hybridized carbons (Fsp3) is 0.318. The largest absolute Gasteiger partial charge is 0.493 e. The highest BCUT2D eigenvalue weighted by atomic mass is 16.6. The molecule has 0 saturated heterocycles. The highest BCUT2D eigenvalue weighted by Crippen LogP contribution is 2.50. The van der Waals surface area contributed by atoms with E-state index in [1.165, 1.54) is 40.2 Å². The summed E-state index contributed by atoms with van der Waals surface area (Å²) >= 11 is 0. The van der Waals surface area contributed by atoms with Gasteiger partial charge >= 0.3 is 5.97 Å². The van der Waals surface area contributed by atoms with E-state index in [-0.39, 0.29) is 23.1 Å². The molecule has 29 heavy (non-hydrogen) atoms. The first kappa shape index (κ1) is 20.4. The molecule has 0 heterocycles. The first-order valence-corrected chi connectivity index (χ1v) is 9.23. The Kier molecular flexibility index (Phi) is 5.87. The van der Waals surface area contributed by atoms with Gasteiger partial charge in [-0.2, -0.15) is 0 Å². The van der Waals surface area contributed by atoms with Gasteiger partial charge in [-0.3, -0.25) is 14.4 Å². The van der Waals surface area contributed by atoms with Crippen LogP contribution in [0.5, 0.6) is 17.2 Å². The lowest BCUT2D eigenvalue weighted by atomic mass is 9.95. The summed E-state index contributed by atoms with van der Waals surface area (Å²) in [5, 5.41) is 2.92. The Hall–Kier alpha value is -3.35. The van der Waals surface area contributed by atoms with Crippen molar-refractivity contribution < 1.29 is 23.8 Å². The maximum atomic E-state index is 12.2. The minimum absolute atomic E-state index is 0.181. The minimum atomic E-state index is -0.507. The molecule has 2 aromatic rings. The lowest BCUT2D eigenvalue weighted by Crippen LogP contribution is -2.26. The molecule has 1 aliphatic carbocycles. The molecule has 0 radical (unpaired) electrons. The van der Waals surface area contributed by atoms with Gasteiger partial charge in [-0.05, 0) is 47.7 Å². The Bertz CT molecular complexity index is 1030. The molecule has 0 fully saturated rings. The number of fused-ring (bicyclic) bond motifs is 3. The van der Waals surface area contributed by atoms with Crippen LogP contribution < -0.4 is 25.0 Å². The van der Waals surface area contributed by atoms with Crippen molar-refractivity contribution in [3.05, 3.63) is 51.7 Å². The Morgan fingerprint density at radius 3 is 2.45 bits per heavy atom. The summed E-state index contributed by atoms with van der Waals surface area (Å²) in [4.78, 5) is 35.9. The average Bonchev–Trinajstić information content (AvgIpc) is 2.92. The second-order valence-electron chi connectivity index (χ2n) is 6.80. The zero-order valence-corrected chi connectivity index (χ0v) is 16.8. The molecule has 1 aliphatic rings. The SMILES string of the molecule is COc1cc2c(c(OC(C)=O)c1OC)-c1cccc(=O)cc1[C@@H](NC(C)=O)CC2. The summed E-state index contributed by atoms with van der Waals surface area (Å²) in [7, 11) is 2.98. The van der Waals surface area contributed by atoms with E-state index < -0.39 is 5.97 Å². The topological polar surface area (TPSA) is 90.9 Å². The predicted octanol–water partition coefficient (Wildman–Crippen LogP) is 2.78. The maximum absolute atomic E-state index is 12.2. The molecule has 0 unspecified atom stereocenters. The highest BCUT2D eigenvalue weighted by molar-refractivity contribution is 5.86. The van der Waals surface area contributed by atoms with Gasteiger partial charge in [-0.1, -0.05) is 12.1 Å². The molecule has 1 N–H and O–H groups in total. The van der Waals surface area contributed by atoms with E-state index in [1.54, 1.807) is 12.1 Å². The van der Waals surface area contributed by atoms with Crippen LogP contribution in [0.3, 0.4) is 0 Å². The van der Waals surface area contributed by atoms with Crippen molar-refractivity contribution in [3.8, 4) is 28.4 Å². The van der Waals surface area contributed by atoms with Crippen molar-refractivity contribution in [2.45, 2.75) is 32.7 Å². The number of hydrogen-bond acceptors (Lipinski definition) is 6. The van der Waals surface area contributed by atoms with Crippen molar-refractivity contribution in [2.75, 3.05) is 14.2 Å². The molecule has 1 atom stereocenters. The van der Waals surface area contributed by atoms with Crippen LogP contribution in [0, 0.1) is 0 Å². The van der Waals surface area contributed by atoms with Gasteiger partial charge in [0.05, 0.1) is 20.3 Å². The van der Waals surface area contributed by atoms with Gasteiger partial charge in [0.1, 0.15) is 0 Å². The Morgan fingerprint density at radius 1 is 1.07 bits per heavy atom. The van der Waals surface area contributed by atoms with Crippen LogP contribution >= 0.6 is 0 Å². The number of ether oxygens (including phenoxy) is 3. The van der Waals surface area contributed by atoms with Crippen LogP contribution in [0.15, 0.2) is 35.1 Å². The zero-order valence-electron chi connectivity index (χ0n) is 16.8. The van der Waals surface area contributed by atoms with Crippen molar-refractivity contribution in [2.24, 2.45) is 0 Å². The summed E-state index contributed by atoms with van der Waals surface area (Å²) in [6.45, 7) is 2.75. The molecule has 3 rings (SSSR count). The molecule has 1 amide bonds. The lowest BCUT2D eigenvalue weighted by molar-refractivity contribution is -0.132. The first-order valence-electron chi connectivity index (χ1n) is 9.23. The number of carbonyl (C=O) groups excluding carboxylic acids is 2. The van der Waals surface area contributed by atoms with Crippen LogP contribution in [0.25, 0.3) is 11.1 Å². The molecule has 152 valence electrons. The van der Waals surface area contributed by atoms with Crippen LogP contribution in [-0.2, 0) is 16.0 Å². The van der Waals surface area contributed by atoms with Crippen molar-refractivity contribution >= 4 is 11.9 Å². The number of amides is 1. The molecule has 0 aliphatic heterocycles. The van der Waals surface area contributed by atoms with E-state index in [2.05, 4.69) is 5.32 Å². The van der Waals surface area contributed by atoms with Crippen LogP contribution in [0.1, 0.15) is 37.4 Å². The van der Waals surface area contributed by atoms with Gasteiger partial charge in [-0.15, -0.1) is 0 Å². The van der Waals surface area contributed by atoms with E-state index in [0.29, 0.717) is 41.0 Å². The van der Waals surface area contributed by atoms with Gasteiger partial charge in [0, 0.05) is 19.4 Å². The van der Waals surface area contributed by atoms with Crippen molar-refractivity contribution in [1.29, 1.82) is 0 Å². The maximum Gasteiger partial charge on any atom is 0.308 e. The molecule has 0 spiro atoms. The van der Waals surface area contributed by atoms with Gasteiger partial charge < -0.3 is 19.5 Å². The summed E-state index contributed by atoms with van der Waals surface area (Å²) < 4.78 is 16.5. The van der Waals surface area contributed by atoms with E-state index in [9.17, 15) is 14.4 Å². The second kappa shape index (κ2) is 8.34. The highest BCUT2D eigenvalue weighted by Gasteiger charge is 2.30. The number of esters is 1. The number of methoxy groups -OCH3 is 2. The average molecular weight is 397 g/mol. The smallest absolute Gasteiger partial charge is 0.308 e. The molecule has 0 bridgehead atoms. The van der Waals surface area contributed by atoms with Gasteiger partial charge in [0.25, 0.3) is 0 Å². The zero-order chi connectivity index (χ0) is 21.1. The first-order chi connectivity index (χ1) is 13.8. The van der Waals surface area contributed by atoms with Crippen LogP contribution in [0.4, 0.5) is 0 Å². The number of rotatable bonds is 4. The van der Waals surface area contributed by atoms with Crippen molar-refractivity contribution in [1.82, 2.24) is 5.32 Å². The van der Waals surface area contributed by atoms with Crippen LogP contribution in [0.2, 0.25) is 0 Å². The predicted molar refractivity (Wildman–Crippen MR) is 107 cm³/mol. The number of aryl methyl sites for hydroxylation is 1. The fourth-order valence-electron chi connectivity index (χ4n) is 3.73. The lowest BCUT2D eigenvalue weighted by Gasteiger charge is -2.20. The number of carbonyl (C=O) groups is 2. The Balaban J connectivity index is 2.40. The van der Waals surface area contributed by atoms with Crippen LogP contribution in [-0.4, -0.2) is 26.1 Å². The summed E-state index contributed by atoms with van der Waals surface area (Å²) in [6.07, 6.45) is 1.14. The quantitative estimate of drug-likeness (QED) is 0.630. The second-order valence-corrected chi connectivity index (χ2v) is 6.80. The summed E-state index contributed by atoms with van der Waals surface area (Å²) in [5.74, 6) is 0.262. The molecule has 7 nitrogen and oxygen atoms in total. The van der Waals surface area contributed by atoms with E-state index in [0.717, 1.165) is 5.56 Å². The number of benzene rings is 1. The molecule has 0 aromatic heterocycles. The standard InChI is InChI=1S/C22H23NO6/c1-12(24)23-18-9-8-14-10-19(27-3)21(28-4)22(29-13(2)25)20(14)16-7-5-6-15(26)11-17(16)18/h5-7,10-11,18H,8-9H2,1-4H3,(H,23,24)/t18-/m0/s1. The Morgan fingerprint density at radius 2 is 1.83 bits per heavy atom. The normalized spacial score (nSPS) is 14.7. The molecule has 7 heteroatoms. The van der Waals surface area contributed by atoms with Gasteiger partial charge in [0.15, 0.2) is 16.9 Å². The van der Waals surface area contributed by atoms with Gasteiger partial charge in [0.2, 0.25) is 11.7 Å².